The molecule has 0 aromatic carbocycles. The van der Waals surface area contributed by atoms with E-state index in [9.17, 15) is 4.79 Å². The van der Waals surface area contributed by atoms with Crippen LogP contribution in [0.3, 0.4) is 0 Å². The smallest absolute Gasteiger partial charge is 0.223 e. The summed E-state index contributed by atoms with van der Waals surface area (Å²) in [5, 5.41) is 3.03. The Morgan fingerprint density at radius 2 is 2.13 bits per heavy atom. The van der Waals surface area contributed by atoms with Crippen LogP contribution in [0, 0.1) is 11.8 Å². The van der Waals surface area contributed by atoms with E-state index in [0.717, 1.165) is 38.8 Å². The summed E-state index contributed by atoms with van der Waals surface area (Å²) in [4.78, 5) is 11.8. The van der Waals surface area contributed by atoms with E-state index in [1.165, 1.54) is 12.8 Å². The Balaban J connectivity index is 2.08. The van der Waals surface area contributed by atoms with Crippen molar-refractivity contribution in [2.45, 2.75) is 45.4 Å². The third-order valence-corrected chi connectivity index (χ3v) is 3.38. The third-order valence-electron chi connectivity index (χ3n) is 3.38. The first-order valence-electron chi connectivity index (χ1n) is 6.23. The molecule has 88 valence electrons. The zero-order valence-corrected chi connectivity index (χ0v) is 9.80. The summed E-state index contributed by atoms with van der Waals surface area (Å²) in [5.41, 5.74) is 5.40. The van der Waals surface area contributed by atoms with Crippen LogP contribution in [-0.2, 0) is 4.79 Å². The lowest BCUT2D eigenvalue weighted by atomic mass is 9.97. The Hall–Kier alpha value is -0.570. The maximum Gasteiger partial charge on any atom is 0.223 e. The fourth-order valence-electron chi connectivity index (χ4n) is 2.32. The summed E-state index contributed by atoms with van der Waals surface area (Å²) in [6.45, 7) is 3.77. The molecule has 1 aliphatic rings. The molecule has 1 amide bonds. The molecule has 0 radical (unpaired) electrons. The van der Waals surface area contributed by atoms with Gasteiger partial charge in [-0.25, -0.2) is 0 Å². The molecule has 1 aliphatic carbocycles. The van der Waals surface area contributed by atoms with Crippen molar-refractivity contribution in [3.05, 3.63) is 0 Å². The number of hydrogen-bond donors (Lipinski definition) is 2. The fraction of sp³-hybridized carbons (Fsp3) is 0.917. The van der Waals surface area contributed by atoms with Gasteiger partial charge in [0.05, 0.1) is 0 Å². The number of hydrogen-bond acceptors (Lipinski definition) is 2. The van der Waals surface area contributed by atoms with Crippen LogP contribution in [0.2, 0.25) is 0 Å². The van der Waals surface area contributed by atoms with Gasteiger partial charge in [-0.1, -0.05) is 19.8 Å². The van der Waals surface area contributed by atoms with Gasteiger partial charge in [-0.3, -0.25) is 4.79 Å². The van der Waals surface area contributed by atoms with Crippen molar-refractivity contribution >= 4 is 5.91 Å². The van der Waals surface area contributed by atoms with E-state index >= 15 is 0 Å². The van der Waals surface area contributed by atoms with Gasteiger partial charge >= 0.3 is 0 Å². The van der Waals surface area contributed by atoms with Gasteiger partial charge in [0.15, 0.2) is 0 Å². The average molecular weight is 212 g/mol. The van der Waals surface area contributed by atoms with E-state index in [0.29, 0.717) is 5.92 Å². The first kappa shape index (κ1) is 12.5. The summed E-state index contributed by atoms with van der Waals surface area (Å²) in [7, 11) is 0. The fourth-order valence-corrected chi connectivity index (χ4v) is 2.32. The molecule has 3 heteroatoms. The highest BCUT2D eigenvalue weighted by atomic mass is 16.1. The highest BCUT2D eigenvalue weighted by molar-refractivity contribution is 5.79. The van der Waals surface area contributed by atoms with Crippen molar-refractivity contribution in [3.63, 3.8) is 0 Å². The Labute approximate surface area is 92.8 Å². The van der Waals surface area contributed by atoms with Crippen molar-refractivity contribution in [2.75, 3.05) is 13.1 Å². The molecular formula is C12H24N2O. The van der Waals surface area contributed by atoms with Crippen LogP contribution in [0.5, 0.6) is 0 Å². The molecule has 0 spiro atoms. The van der Waals surface area contributed by atoms with Crippen molar-refractivity contribution in [3.8, 4) is 0 Å². The maximum absolute atomic E-state index is 11.8. The number of nitrogens with two attached hydrogens (primary N) is 1. The molecule has 0 bridgehead atoms. The van der Waals surface area contributed by atoms with Crippen molar-refractivity contribution in [1.29, 1.82) is 0 Å². The van der Waals surface area contributed by atoms with Crippen molar-refractivity contribution < 1.29 is 4.79 Å². The van der Waals surface area contributed by atoms with Crippen LogP contribution in [0.25, 0.3) is 0 Å². The zero-order valence-electron chi connectivity index (χ0n) is 9.80. The summed E-state index contributed by atoms with van der Waals surface area (Å²) in [6, 6.07) is 0. The quantitative estimate of drug-likeness (QED) is 0.658. The number of carbonyl (C=O) groups excluding carboxylic acids is 1. The Kier molecular flexibility index (Phi) is 5.69. The van der Waals surface area contributed by atoms with E-state index in [2.05, 4.69) is 12.2 Å². The molecule has 2 atom stereocenters. The molecule has 3 N–H and O–H groups in total. The number of rotatable bonds is 6. The van der Waals surface area contributed by atoms with E-state index in [1.54, 1.807) is 0 Å². The third kappa shape index (κ3) is 4.20. The SMILES string of the molecule is CC1CCCC1C(=O)NCCCCCN. The lowest BCUT2D eigenvalue weighted by Crippen LogP contribution is -2.32. The Morgan fingerprint density at radius 1 is 1.33 bits per heavy atom. The molecule has 1 saturated carbocycles. The first-order chi connectivity index (χ1) is 7.25. The predicted octanol–water partition coefficient (Wildman–Crippen LogP) is 1.67. The lowest BCUT2D eigenvalue weighted by Gasteiger charge is -2.14. The summed E-state index contributed by atoms with van der Waals surface area (Å²) in [5.74, 6) is 1.13. The minimum absolute atomic E-state index is 0.271. The molecule has 0 aromatic rings. The van der Waals surface area contributed by atoms with Gasteiger partial charge in [-0.05, 0) is 38.1 Å². The molecule has 2 unspecified atom stereocenters. The number of amides is 1. The van der Waals surface area contributed by atoms with Crippen LogP contribution >= 0.6 is 0 Å². The zero-order chi connectivity index (χ0) is 11.1. The number of carbonyl (C=O) groups is 1. The van der Waals surface area contributed by atoms with Gasteiger partial charge in [0.1, 0.15) is 0 Å². The molecule has 0 saturated heterocycles. The minimum Gasteiger partial charge on any atom is -0.356 e. The van der Waals surface area contributed by atoms with Crippen LogP contribution in [0.4, 0.5) is 0 Å². The first-order valence-corrected chi connectivity index (χ1v) is 6.23. The van der Waals surface area contributed by atoms with Crippen LogP contribution in [-0.4, -0.2) is 19.0 Å². The summed E-state index contributed by atoms with van der Waals surface area (Å²) < 4.78 is 0. The van der Waals surface area contributed by atoms with Crippen molar-refractivity contribution in [1.82, 2.24) is 5.32 Å². The minimum atomic E-state index is 0.271. The molecular weight excluding hydrogens is 188 g/mol. The van der Waals surface area contributed by atoms with Crippen LogP contribution in [0.1, 0.15) is 45.4 Å². The molecule has 15 heavy (non-hydrogen) atoms. The van der Waals surface area contributed by atoms with E-state index < -0.39 is 0 Å². The monoisotopic (exact) mass is 212 g/mol. The van der Waals surface area contributed by atoms with Crippen LogP contribution < -0.4 is 11.1 Å². The standard InChI is InChI=1S/C12H24N2O/c1-10-6-5-7-11(10)12(15)14-9-4-2-3-8-13/h10-11H,2-9,13H2,1H3,(H,14,15). The second kappa shape index (κ2) is 6.83. The molecule has 1 fully saturated rings. The van der Waals surface area contributed by atoms with Gasteiger partial charge in [-0.2, -0.15) is 0 Å². The van der Waals surface area contributed by atoms with Gasteiger partial charge in [0, 0.05) is 12.5 Å². The van der Waals surface area contributed by atoms with Gasteiger partial charge < -0.3 is 11.1 Å². The normalized spacial score (nSPS) is 25.5. The van der Waals surface area contributed by atoms with E-state index in [4.69, 9.17) is 5.73 Å². The number of nitrogens with one attached hydrogen (secondary N) is 1. The topological polar surface area (TPSA) is 55.1 Å². The summed E-state index contributed by atoms with van der Waals surface area (Å²) in [6.07, 6.45) is 6.75. The predicted molar refractivity (Wildman–Crippen MR) is 62.4 cm³/mol. The summed E-state index contributed by atoms with van der Waals surface area (Å²) >= 11 is 0. The molecule has 1 rings (SSSR count). The van der Waals surface area contributed by atoms with E-state index in [1.807, 2.05) is 0 Å². The largest absolute Gasteiger partial charge is 0.356 e. The molecule has 0 aromatic heterocycles. The highest BCUT2D eigenvalue weighted by Crippen LogP contribution is 2.30. The Morgan fingerprint density at radius 3 is 2.73 bits per heavy atom. The Bertz CT molecular complexity index is 194. The average Bonchev–Trinajstić information content (AvgIpc) is 2.64. The molecule has 0 heterocycles. The maximum atomic E-state index is 11.8. The molecule has 3 nitrogen and oxygen atoms in total. The number of unbranched alkanes of at least 4 members (excludes halogenated alkanes) is 2. The molecule has 0 aliphatic heterocycles. The van der Waals surface area contributed by atoms with Crippen LogP contribution in [0.15, 0.2) is 0 Å². The lowest BCUT2D eigenvalue weighted by molar-refractivity contribution is -0.125. The second-order valence-electron chi connectivity index (χ2n) is 4.66. The van der Waals surface area contributed by atoms with Crippen molar-refractivity contribution in [2.24, 2.45) is 17.6 Å². The van der Waals surface area contributed by atoms with Gasteiger partial charge in [-0.15, -0.1) is 0 Å². The van der Waals surface area contributed by atoms with Gasteiger partial charge in [0.25, 0.3) is 0 Å². The highest BCUT2D eigenvalue weighted by Gasteiger charge is 2.29. The second-order valence-corrected chi connectivity index (χ2v) is 4.66. The van der Waals surface area contributed by atoms with E-state index in [-0.39, 0.29) is 11.8 Å². The van der Waals surface area contributed by atoms with Gasteiger partial charge in [0.2, 0.25) is 5.91 Å².